The van der Waals surface area contributed by atoms with Gasteiger partial charge in [0.05, 0.1) is 0 Å². The van der Waals surface area contributed by atoms with Crippen molar-refractivity contribution in [2.24, 2.45) is 17.1 Å². The predicted molar refractivity (Wildman–Crippen MR) is 78.5 cm³/mol. The maximum atomic E-state index is 5.97. The summed E-state index contributed by atoms with van der Waals surface area (Å²) in [6.45, 7) is 10.7. The minimum Gasteiger partial charge on any atom is -0.328 e. The summed E-state index contributed by atoms with van der Waals surface area (Å²) >= 11 is 0. The van der Waals surface area contributed by atoms with Gasteiger partial charge in [0.15, 0.2) is 0 Å². The van der Waals surface area contributed by atoms with E-state index in [0.717, 1.165) is 12.5 Å². The first-order valence-electron chi connectivity index (χ1n) is 7.62. The third-order valence-electron chi connectivity index (χ3n) is 4.66. The van der Waals surface area contributed by atoms with E-state index >= 15 is 0 Å². The van der Waals surface area contributed by atoms with Crippen LogP contribution >= 0.6 is 0 Å². The summed E-state index contributed by atoms with van der Waals surface area (Å²) in [6.07, 6.45) is 8.89. The molecule has 1 saturated carbocycles. The van der Waals surface area contributed by atoms with Crippen molar-refractivity contribution >= 4 is 0 Å². The Balaban J connectivity index is 1.78. The normalized spacial score (nSPS) is 31.2. The van der Waals surface area contributed by atoms with Gasteiger partial charge in [0, 0.05) is 25.7 Å². The van der Waals surface area contributed by atoms with Crippen molar-refractivity contribution < 1.29 is 0 Å². The van der Waals surface area contributed by atoms with Crippen LogP contribution in [-0.4, -0.2) is 30.6 Å². The SMILES string of the molecule is CC(C)(C)C1=CCN(CC2CCC(N)CC2)CC1. The van der Waals surface area contributed by atoms with Gasteiger partial charge in [0.2, 0.25) is 0 Å². The summed E-state index contributed by atoms with van der Waals surface area (Å²) in [5, 5.41) is 0. The molecule has 2 rings (SSSR count). The van der Waals surface area contributed by atoms with Crippen molar-refractivity contribution in [3.63, 3.8) is 0 Å². The van der Waals surface area contributed by atoms with Crippen LogP contribution in [0.3, 0.4) is 0 Å². The fraction of sp³-hybridized carbons (Fsp3) is 0.875. The van der Waals surface area contributed by atoms with E-state index in [-0.39, 0.29) is 0 Å². The molecule has 0 amide bonds. The van der Waals surface area contributed by atoms with Crippen LogP contribution in [0.25, 0.3) is 0 Å². The molecular formula is C16H30N2. The highest BCUT2D eigenvalue weighted by atomic mass is 15.1. The highest BCUT2D eigenvalue weighted by molar-refractivity contribution is 5.14. The van der Waals surface area contributed by atoms with Gasteiger partial charge in [-0.15, -0.1) is 0 Å². The summed E-state index contributed by atoms with van der Waals surface area (Å²) in [6, 6.07) is 0.481. The highest BCUT2D eigenvalue weighted by Gasteiger charge is 2.24. The molecule has 1 aliphatic carbocycles. The van der Waals surface area contributed by atoms with Crippen molar-refractivity contribution in [1.82, 2.24) is 4.90 Å². The molecule has 1 fully saturated rings. The van der Waals surface area contributed by atoms with Gasteiger partial charge < -0.3 is 5.73 Å². The van der Waals surface area contributed by atoms with Crippen molar-refractivity contribution in [3.8, 4) is 0 Å². The van der Waals surface area contributed by atoms with Gasteiger partial charge in [-0.05, 0) is 43.4 Å². The maximum Gasteiger partial charge on any atom is 0.0166 e. The second-order valence-corrected chi connectivity index (χ2v) is 7.27. The Bertz CT molecular complexity index is 293. The summed E-state index contributed by atoms with van der Waals surface area (Å²) in [5.74, 6) is 0.898. The van der Waals surface area contributed by atoms with Crippen molar-refractivity contribution in [1.29, 1.82) is 0 Å². The summed E-state index contributed by atoms with van der Waals surface area (Å²) in [4.78, 5) is 2.64. The van der Waals surface area contributed by atoms with Gasteiger partial charge in [-0.3, -0.25) is 4.90 Å². The summed E-state index contributed by atoms with van der Waals surface area (Å²) in [5.41, 5.74) is 7.98. The molecule has 0 bridgehead atoms. The van der Waals surface area contributed by atoms with Crippen molar-refractivity contribution in [2.45, 2.75) is 58.9 Å². The van der Waals surface area contributed by atoms with Gasteiger partial charge in [-0.1, -0.05) is 32.4 Å². The van der Waals surface area contributed by atoms with E-state index in [1.165, 1.54) is 45.2 Å². The molecule has 0 spiro atoms. The monoisotopic (exact) mass is 250 g/mol. The third kappa shape index (κ3) is 3.83. The molecule has 0 aromatic carbocycles. The van der Waals surface area contributed by atoms with Crippen LogP contribution in [0.2, 0.25) is 0 Å². The van der Waals surface area contributed by atoms with E-state index in [1.54, 1.807) is 5.57 Å². The van der Waals surface area contributed by atoms with Crippen molar-refractivity contribution in [2.75, 3.05) is 19.6 Å². The van der Waals surface area contributed by atoms with Gasteiger partial charge in [0.1, 0.15) is 0 Å². The minimum absolute atomic E-state index is 0.365. The van der Waals surface area contributed by atoms with Gasteiger partial charge in [-0.25, -0.2) is 0 Å². The summed E-state index contributed by atoms with van der Waals surface area (Å²) < 4.78 is 0. The summed E-state index contributed by atoms with van der Waals surface area (Å²) in [7, 11) is 0. The number of hydrogen-bond acceptors (Lipinski definition) is 2. The lowest BCUT2D eigenvalue weighted by atomic mass is 9.82. The lowest BCUT2D eigenvalue weighted by Crippen LogP contribution is -2.37. The molecule has 2 heteroatoms. The molecule has 0 atom stereocenters. The first kappa shape index (κ1) is 14.1. The van der Waals surface area contributed by atoms with E-state index in [9.17, 15) is 0 Å². The van der Waals surface area contributed by atoms with E-state index < -0.39 is 0 Å². The predicted octanol–water partition coefficient (Wildman–Crippen LogP) is 3.18. The smallest absolute Gasteiger partial charge is 0.0166 e. The first-order chi connectivity index (χ1) is 8.45. The molecule has 1 heterocycles. The standard InChI is InChI=1S/C16H30N2/c1-16(2,3)14-8-10-18(11-9-14)12-13-4-6-15(17)7-5-13/h8,13,15H,4-7,9-12,17H2,1-3H3. The van der Waals surface area contributed by atoms with Crippen LogP contribution in [0.15, 0.2) is 11.6 Å². The van der Waals surface area contributed by atoms with Crippen LogP contribution in [0.1, 0.15) is 52.9 Å². The second-order valence-electron chi connectivity index (χ2n) is 7.27. The van der Waals surface area contributed by atoms with Crippen LogP contribution < -0.4 is 5.73 Å². The van der Waals surface area contributed by atoms with Gasteiger partial charge in [-0.2, -0.15) is 0 Å². The molecule has 2 aliphatic rings. The fourth-order valence-electron chi connectivity index (χ4n) is 3.29. The molecule has 2 nitrogen and oxygen atoms in total. The molecule has 0 saturated heterocycles. The van der Waals surface area contributed by atoms with Crippen LogP contribution in [-0.2, 0) is 0 Å². The van der Waals surface area contributed by atoms with Crippen LogP contribution in [0, 0.1) is 11.3 Å². The minimum atomic E-state index is 0.365. The zero-order chi connectivity index (χ0) is 13.2. The molecular weight excluding hydrogens is 220 g/mol. The Labute approximate surface area is 113 Å². The van der Waals surface area contributed by atoms with Crippen molar-refractivity contribution in [3.05, 3.63) is 11.6 Å². The molecule has 0 radical (unpaired) electrons. The quantitative estimate of drug-likeness (QED) is 0.763. The number of nitrogens with zero attached hydrogens (tertiary/aromatic N) is 1. The third-order valence-corrected chi connectivity index (χ3v) is 4.66. The van der Waals surface area contributed by atoms with E-state index in [2.05, 4.69) is 31.7 Å². The average Bonchev–Trinajstić information content (AvgIpc) is 2.32. The van der Waals surface area contributed by atoms with Crippen LogP contribution in [0.4, 0.5) is 0 Å². The fourth-order valence-corrected chi connectivity index (χ4v) is 3.29. The first-order valence-corrected chi connectivity index (χ1v) is 7.62. The lowest BCUT2D eigenvalue weighted by molar-refractivity contribution is 0.199. The molecule has 104 valence electrons. The van der Waals surface area contributed by atoms with Crippen LogP contribution in [0.5, 0.6) is 0 Å². The Morgan fingerprint density at radius 3 is 2.39 bits per heavy atom. The topological polar surface area (TPSA) is 29.3 Å². The highest BCUT2D eigenvalue weighted by Crippen LogP contribution is 2.31. The molecule has 0 aromatic heterocycles. The molecule has 1 aliphatic heterocycles. The molecule has 0 aromatic rings. The second kappa shape index (κ2) is 5.75. The Kier molecular flexibility index (Phi) is 4.50. The number of rotatable bonds is 2. The number of nitrogens with two attached hydrogens (primary N) is 1. The molecule has 18 heavy (non-hydrogen) atoms. The largest absolute Gasteiger partial charge is 0.328 e. The van der Waals surface area contributed by atoms with E-state index in [1.807, 2.05) is 0 Å². The molecule has 2 N–H and O–H groups in total. The number of hydrogen-bond donors (Lipinski definition) is 1. The lowest BCUT2D eigenvalue weighted by Gasteiger charge is -2.35. The van der Waals surface area contributed by atoms with Gasteiger partial charge in [0.25, 0.3) is 0 Å². The Morgan fingerprint density at radius 1 is 1.22 bits per heavy atom. The zero-order valence-corrected chi connectivity index (χ0v) is 12.4. The zero-order valence-electron chi connectivity index (χ0n) is 12.4. The average molecular weight is 250 g/mol. The van der Waals surface area contributed by atoms with E-state index in [4.69, 9.17) is 5.73 Å². The maximum absolute atomic E-state index is 5.97. The molecule has 0 unspecified atom stereocenters. The van der Waals surface area contributed by atoms with E-state index in [0.29, 0.717) is 11.5 Å². The Morgan fingerprint density at radius 2 is 1.89 bits per heavy atom. The van der Waals surface area contributed by atoms with Gasteiger partial charge >= 0.3 is 0 Å². The Hall–Kier alpha value is -0.340.